The fraction of sp³-hybridized carbons (Fsp3) is 0.444. The molecule has 0 aromatic heterocycles. The Balaban J connectivity index is 1.42. The van der Waals surface area contributed by atoms with Crippen LogP contribution in [0.2, 0.25) is 0 Å². The molecule has 2 aromatic rings. The van der Waals surface area contributed by atoms with Crippen LogP contribution in [0, 0.1) is 11.8 Å². The zero-order valence-electron chi connectivity index (χ0n) is 20.1. The average Bonchev–Trinajstić information content (AvgIpc) is 3.18. The van der Waals surface area contributed by atoms with Gasteiger partial charge < -0.3 is 20.1 Å². The minimum atomic E-state index is -0.889. The number of carboxylic acids is 1. The summed E-state index contributed by atoms with van der Waals surface area (Å²) in [6.45, 7) is 2.78. The Hall–Kier alpha value is -3.00. The predicted octanol–water partition coefficient (Wildman–Crippen LogP) is 4.22. The highest BCUT2D eigenvalue weighted by Crippen LogP contribution is 2.44. The third-order valence-electron chi connectivity index (χ3n) is 6.87. The molecule has 2 amide bonds. The van der Waals surface area contributed by atoms with Crippen molar-refractivity contribution in [3.8, 4) is 11.1 Å². The number of ether oxygens (including phenoxy) is 1. The number of rotatable bonds is 8. The lowest BCUT2D eigenvalue weighted by Crippen LogP contribution is -2.53. The number of likely N-dealkylation sites (tertiary alicyclic amines) is 1. The molecule has 186 valence electrons. The Morgan fingerprint density at radius 2 is 1.71 bits per heavy atom. The number of carbonyl (C=O) groups is 3. The molecule has 0 bridgehead atoms. The smallest absolute Gasteiger partial charge is 0.407 e. The number of fused-ring (bicyclic) bond motifs is 3. The van der Waals surface area contributed by atoms with Gasteiger partial charge in [0.15, 0.2) is 0 Å². The molecule has 7 nitrogen and oxygen atoms in total. The average molecular weight is 497 g/mol. The molecule has 3 atom stereocenters. The summed E-state index contributed by atoms with van der Waals surface area (Å²) in [5, 5.41) is 12.2. The van der Waals surface area contributed by atoms with Crippen molar-refractivity contribution >= 4 is 29.7 Å². The van der Waals surface area contributed by atoms with E-state index in [1.54, 1.807) is 16.7 Å². The summed E-state index contributed by atoms with van der Waals surface area (Å²) in [5.74, 6) is -1.01. The summed E-state index contributed by atoms with van der Waals surface area (Å²) in [4.78, 5) is 39.2. The van der Waals surface area contributed by atoms with Gasteiger partial charge in [-0.05, 0) is 53.0 Å². The van der Waals surface area contributed by atoms with E-state index < -0.39 is 24.0 Å². The number of alkyl carbamates (subject to hydrolysis) is 1. The van der Waals surface area contributed by atoms with E-state index in [1.165, 1.54) is 0 Å². The van der Waals surface area contributed by atoms with Crippen LogP contribution in [0.5, 0.6) is 0 Å². The van der Waals surface area contributed by atoms with Crippen LogP contribution >= 0.6 is 11.8 Å². The van der Waals surface area contributed by atoms with Gasteiger partial charge >= 0.3 is 12.1 Å². The highest BCUT2D eigenvalue weighted by Gasteiger charge is 2.35. The molecular weight excluding hydrogens is 464 g/mol. The summed E-state index contributed by atoms with van der Waals surface area (Å²) in [6.07, 6.45) is 2.31. The van der Waals surface area contributed by atoms with Gasteiger partial charge in [-0.15, -0.1) is 0 Å². The van der Waals surface area contributed by atoms with Crippen LogP contribution in [-0.2, 0) is 14.3 Å². The van der Waals surface area contributed by atoms with Gasteiger partial charge in [-0.25, -0.2) is 4.79 Å². The zero-order valence-corrected chi connectivity index (χ0v) is 20.9. The third-order valence-corrected chi connectivity index (χ3v) is 7.51. The van der Waals surface area contributed by atoms with Crippen LogP contribution in [0.25, 0.3) is 11.1 Å². The van der Waals surface area contributed by atoms with Crippen LogP contribution < -0.4 is 5.32 Å². The summed E-state index contributed by atoms with van der Waals surface area (Å²) in [6, 6.07) is 15.5. The third kappa shape index (κ3) is 5.64. The highest BCUT2D eigenvalue weighted by atomic mass is 32.2. The molecule has 2 aromatic carbocycles. The second-order valence-electron chi connectivity index (χ2n) is 9.42. The van der Waals surface area contributed by atoms with Gasteiger partial charge in [-0.2, -0.15) is 11.8 Å². The second kappa shape index (κ2) is 11.2. The number of hydrogen-bond donors (Lipinski definition) is 2. The highest BCUT2D eigenvalue weighted by molar-refractivity contribution is 7.98. The summed E-state index contributed by atoms with van der Waals surface area (Å²) >= 11 is 1.59. The number of carboxylic acid groups (broad SMARTS) is 1. The molecular formula is C27H32N2O5S. The van der Waals surface area contributed by atoms with Crippen LogP contribution in [0.4, 0.5) is 4.79 Å². The molecule has 8 heteroatoms. The number of thioether (sulfide) groups is 1. The molecule has 4 rings (SSSR count). The summed E-state index contributed by atoms with van der Waals surface area (Å²) in [7, 11) is 0. The minimum absolute atomic E-state index is 0.0623. The maximum atomic E-state index is 13.3. The molecule has 1 aliphatic carbocycles. The van der Waals surface area contributed by atoms with Gasteiger partial charge in [-0.1, -0.05) is 55.5 Å². The van der Waals surface area contributed by atoms with Crippen molar-refractivity contribution < 1.29 is 24.2 Å². The monoisotopic (exact) mass is 496 g/mol. The normalized spacial score (nSPS) is 20.0. The summed E-state index contributed by atoms with van der Waals surface area (Å²) in [5.41, 5.74) is 4.55. The standard InChI is InChI=1S/C27H32N2O5S/c1-17-13-18(26(31)32)15-29(14-17)25(30)24(11-12-35-2)28-27(33)34-16-23-21-9-5-3-7-19(21)20-8-4-6-10-22(20)23/h3-10,17-18,23-24H,11-16H2,1-2H3,(H,28,33)(H,31,32). The zero-order chi connectivity index (χ0) is 24.9. The lowest BCUT2D eigenvalue weighted by atomic mass is 9.90. The van der Waals surface area contributed by atoms with E-state index >= 15 is 0 Å². The van der Waals surface area contributed by atoms with Crippen molar-refractivity contribution in [3.05, 3.63) is 59.7 Å². The molecule has 1 heterocycles. The Bertz CT molecular complexity index is 1050. The van der Waals surface area contributed by atoms with Crippen LogP contribution in [0.1, 0.15) is 36.8 Å². The number of carbonyl (C=O) groups excluding carboxylic acids is 2. The minimum Gasteiger partial charge on any atom is -0.481 e. The number of benzene rings is 2. The Morgan fingerprint density at radius 3 is 2.31 bits per heavy atom. The molecule has 1 fully saturated rings. The molecule has 0 saturated carbocycles. The number of amides is 2. The lowest BCUT2D eigenvalue weighted by molar-refractivity contribution is -0.147. The van der Waals surface area contributed by atoms with Crippen molar-refractivity contribution in [2.24, 2.45) is 11.8 Å². The molecule has 3 unspecified atom stereocenters. The van der Waals surface area contributed by atoms with Crippen LogP contribution in [-0.4, -0.2) is 65.7 Å². The van der Waals surface area contributed by atoms with Gasteiger partial charge in [0, 0.05) is 19.0 Å². The molecule has 2 N–H and O–H groups in total. The van der Waals surface area contributed by atoms with Crippen molar-refractivity contribution in [2.75, 3.05) is 31.7 Å². The maximum Gasteiger partial charge on any atom is 0.407 e. The number of nitrogens with zero attached hydrogens (tertiary/aromatic N) is 1. The van der Waals surface area contributed by atoms with E-state index in [2.05, 4.69) is 29.6 Å². The largest absolute Gasteiger partial charge is 0.481 e. The first-order valence-corrected chi connectivity index (χ1v) is 13.4. The van der Waals surface area contributed by atoms with Gasteiger partial charge in [0.2, 0.25) is 5.91 Å². The van der Waals surface area contributed by atoms with E-state index in [0.29, 0.717) is 25.1 Å². The van der Waals surface area contributed by atoms with Gasteiger partial charge in [-0.3, -0.25) is 9.59 Å². The maximum absolute atomic E-state index is 13.3. The lowest BCUT2D eigenvalue weighted by Gasteiger charge is -2.36. The quantitative estimate of drug-likeness (QED) is 0.568. The topological polar surface area (TPSA) is 95.9 Å². The van der Waals surface area contributed by atoms with Crippen LogP contribution in [0.15, 0.2) is 48.5 Å². The SMILES string of the molecule is CSCCC(NC(=O)OCC1c2ccccc2-c2ccccc21)C(=O)N1CC(C)CC(C(=O)O)C1. The first-order valence-electron chi connectivity index (χ1n) is 12.0. The molecule has 2 aliphatic rings. The van der Waals surface area contributed by atoms with Crippen molar-refractivity contribution in [1.29, 1.82) is 0 Å². The van der Waals surface area contributed by atoms with Crippen molar-refractivity contribution in [3.63, 3.8) is 0 Å². The number of hydrogen-bond acceptors (Lipinski definition) is 5. The van der Waals surface area contributed by atoms with Gasteiger partial charge in [0.25, 0.3) is 0 Å². The first kappa shape index (κ1) is 25.1. The number of piperidine rings is 1. The molecule has 35 heavy (non-hydrogen) atoms. The second-order valence-corrected chi connectivity index (χ2v) is 10.4. The Kier molecular flexibility index (Phi) is 8.00. The van der Waals surface area contributed by atoms with E-state index in [9.17, 15) is 19.5 Å². The molecule has 0 radical (unpaired) electrons. The van der Waals surface area contributed by atoms with E-state index in [4.69, 9.17) is 4.74 Å². The van der Waals surface area contributed by atoms with E-state index in [-0.39, 0.29) is 30.9 Å². The van der Waals surface area contributed by atoms with Crippen molar-refractivity contribution in [1.82, 2.24) is 10.2 Å². The van der Waals surface area contributed by atoms with E-state index in [1.807, 2.05) is 37.4 Å². The van der Waals surface area contributed by atoms with Crippen LogP contribution in [0.3, 0.4) is 0 Å². The van der Waals surface area contributed by atoms with Gasteiger partial charge in [0.05, 0.1) is 5.92 Å². The van der Waals surface area contributed by atoms with E-state index in [0.717, 1.165) is 22.3 Å². The number of nitrogens with one attached hydrogen (secondary N) is 1. The Labute approximate surface area is 210 Å². The van der Waals surface area contributed by atoms with Gasteiger partial charge in [0.1, 0.15) is 12.6 Å². The summed E-state index contributed by atoms with van der Waals surface area (Å²) < 4.78 is 5.65. The van der Waals surface area contributed by atoms with Crippen molar-refractivity contribution in [2.45, 2.75) is 31.7 Å². The Morgan fingerprint density at radius 1 is 1.09 bits per heavy atom. The predicted molar refractivity (Wildman–Crippen MR) is 136 cm³/mol. The molecule has 0 spiro atoms. The molecule has 1 saturated heterocycles. The fourth-order valence-electron chi connectivity index (χ4n) is 5.21. The fourth-order valence-corrected chi connectivity index (χ4v) is 5.68. The first-order chi connectivity index (χ1) is 16.9. The number of aliphatic carboxylic acids is 1. The molecule has 1 aliphatic heterocycles.